The molecule has 4 aromatic rings. The van der Waals surface area contributed by atoms with Crippen LogP contribution in [0.15, 0.2) is 54.5 Å². The fourth-order valence-electron chi connectivity index (χ4n) is 5.37. The lowest BCUT2D eigenvalue weighted by Gasteiger charge is -2.40. The number of nitrogens with zero attached hydrogens (tertiary/aromatic N) is 6. The summed E-state index contributed by atoms with van der Waals surface area (Å²) in [5.41, 5.74) is 6.86. The van der Waals surface area contributed by atoms with Crippen molar-refractivity contribution in [1.82, 2.24) is 34.6 Å². The van der Waals surface area contributed by atoms with Crippen molar-refractivity contribution in [2.75, 3.05) is 38.0 Å². The largest absolute Gasteiger partial charge is 0.371 e. The Morgan fingerprint density at radius 1 is 1.11 bits per heavy atom. The number of hydrogen-bond acceptors (Lipinski definition) is 7. The Labute approximate surface area is 212 Å². The molecule has 182 valence electrons. The van der Waals surface area contributed by atoms with Gasteiger partial charge in [-0.3, -0.25) is 0 Å². The van der Waals surface area contributed by atoms with E-state index >= 15 is 0 Å². The molecule has 3 aliphatic heterocycles. The second-order valence-corrected chi connectivity index (χ2v) is 10.4. The minimum Gasteiger partial charge on any atom is -0.371 e. The Hall–Kier alpha value is -3.92. The molecule has 3 aliphatic rings. The van der Waals surface area contributed by atoms with Crippen molar-refractivity contribution in [2.24, 2.45) is 0 Å². The van der Waals surface area contributed by atoms with Gasteiger partial charge in [-0.15, -0.1) is 11.3 Å². The molecule has 1 aromatic carbocycles. The third-order valence-corrected chi connectivity index (χ3v) is 8.14. The number of piperazine rings is 1. The third-order valence-electron chi connectivity index (χ3n) is 7.35. The summed E-state index contributed by atoms with van der Waals surface area (Å²) in [6, 6.07) is 8.83. The summed E-state index contributed by atoms with van der Waals surface area (Å²) in [7, 11) is 0. The van der Waals surface area contributed by atoms with Gasteiger partial charge in [-0.1, -0.05) is 12.2 Å². The average molecular weight is 499 g/mol. The Kier molecular flexibility index (Phi) is 5.12. The highest BCUT2D eigenvalue weighted by Gasteiger charge is 2.32. The number of hydrogen-bond donors (Lipinski definition) is 2. The average Bonchev–Trinajstić information content (AvgIpc) is 3.67. The number of nitrogens with one attached hydrogen (secondary N) is 2. The number of fused-ring (bicyclic) bond motifs is 3. The lowest BCUT2D eigenvalue weighted by molar-refractivity contribution is 0.109. The number of carbonyl (C=O) groups excluding carboxylic acids is 1. The van der Waals surface area contributed by atoms with Gasteiger partial charge in [-0.05, 0) is 48.9 Å². The predicted molar refractivity (Wildman–Crippen MR) is 142 cm³/mol. The van der Waals surface area contributed by atoms with Crippen LogP contribution in [0.25, 0.3) is 26.8 Å². The third kappa shape index (κ3) is 3.78. The molecular formula is C26H26N8OS. The second kappa shape index (κ2) is 8.63. The molecule has 10 heteroatoms. The number of aromatic amines is 1. The maximum absolute atomic E-state index is 13.2. The van der Waals surface area contributed by atoms with Crippen LogP contribution < -0.4 is 5.32 Å². The highest BCUT2D eigenvalue weighted by atomic mass is 32.1. The van der Waals surface area contributed by atoms with Gasteiger partial charge in [0.05, 0.1) is 21.1 Å². The van der Waals surface area contributed by atoms with Crippen LogP contribution in [0.1, 0.15) is 18.5 Å². The smallest absolute Gasteiger partial charge is 0.320 e. The van der Waals surface area contributed by atoms with Gasteiger partial charge < -0.3 is 25.0 Å². The van der Waals surface area contributed by atoms with Gasteiger partial charge in [0.2, 0.25) is 0 Å². The number of rotatable bonds is 3. The van der Waals surface area contributed by atoms with Crippen molar-refractivity contribution in [1.29, 1.82) is 0 Å². The number of aromatic nitrogens is 4. The highest BCUT2D eigenvalue weighted by molar-refractivity contribution is 7.16. The first-order valence-electron chi connectivity index (χ1n) is 12.3. The first kappa shape index (κ1) is 21.4. The van der Waals surface area contributed by atoms with Crippen LogP contribution in [0, 0.1) is 0 Å². The van der Waals surface area contributed by atoms with E-state index in [2.05, 4.69) is 60.6 Å². The molecule has 2 amide bonds. The molecule has 3 aromatic heterocycles. The molecule has 1 saturated heterocycles. The lowest BCUT2D eigenvalue weighted by Crippen LogP contribution is -2.55. The topological polar surface area (TPSA) is 93.3 Å². The minimum absolute atomic E-state index is 0.156. The summed E-state index contributed by atoms with van der Waals surface area (Å²) in [5, 5.41) is 4.39. The van der Waals surface area contributed by atoms with Crippen LogP contribution >= 0.6 is 11.3 Å². The summed E-state index contributed by atoms with van der Waals surface area (Å²) in [6.07, 6.45) is 9.96. The van der Waals surface area contributed by atoms with Crippen molar-refractivity contribution >= 4 is 55.7 Å². The van der Waals surface area contributed by atoms with Gasteiger partial charge in [0.15, 0.2) is 0 Å². The lowest BCUT2D eigenvalue weighted by atomic mass is 10.0. The van der Waals surface area contributed by atoms with E-state index in [-0.39, 0.29) is 6.03 Å². The van der Waals surface area contributed by atoms with Gasteiger partial charge in [-0.25, -0.2) is 19.7 Å². The van der Waals surface area contributed by atoms with Crippen molar-refractivity contribution in [2.45, 2.75) is 18.9 Å². The molecule has 0 radical (unpaired) electrons. The summed E-state index contributed by atoms with van der Waals surface area (Å²) >= 11 is 1.62. The predicted octanol–water partition coefficient (Wildman–Crippen LogP) is 4.42. The summed E-state index contributed by atoms with van der Waals surface area (Å²) in [5.74, 6) is 0.764. The Bertz CT molecular complexity index is 1520. The highest BCUT2D eigenvalue weighted by Crippen LogP contribution is 2.31. The SMILES string of the molecule is O=C(N1CC=C(c2cc3c(Nc4ccc5ncsc5c4)ncnc3[nH]2)CC1)N1CCN2C=CCC2C1. The zero-order valence-electron chi connectivity index (χ0n) is 19.7. The van der Waals surface area contributed by atoms with E-state index in [0.717, 1.165) is 77.5 Å². The summed E-state index contributed by atoms with van der Waals surface area (Å²) in [6.45, 7) is 3.87. The van der Waals surface area contributed by atoms with Gasteiger partial charge in [0.25, 0.3) is 0 Å². The molecule has 1 unspecified atom stereocenters. The number of carbonyl (C=O) groups is 1. The van der Waals surface area contributed by atoms with E-state index in [4.69, 9.17) is 0 Å². The second-order valence-electron chi connectivity index (χ2n) is 9.49. The number of H-pyrrole nitrogens is 1. The molecule has 1 fully saturated rings. The summed E-state index contributed by atoms with van der Waals surface area (Å²) < 4.78 is 1.13. The Morgan fingerprint density at radius 2 is 2.08 bits per heavy atom. The molecule has 0 bridgehead atoms. The fraction of sp³-hybridized carbons (Fsp3) is 0.308. The van der Waals surface area contributed by atoms with E-state index < -0.39 is 0 Å². The number of thiazole rings is 1. The number of urea groups is 1. The van der Waals surface area contributed by atoms with E-state index in [1.165, 1.54) is 5.57 Å². The van der Waals surface area contributed by atoms with Crippen molar-refractivity contribution in [3.05, 3.63) is 60.1 Å². The first-order chi connectivity index (χ1) is 17.7. The van der Waals surface area contributed by atoms with Gasteiger partial charge >= 0.3 is 6.03 Å². The van der Waals surface area contributed by atoms with Crippen LogP contribution in [0.2, 0.25) is 0 Å². The number of amides is 2. The first-order valence-corrected chi connectivity index (χ1v) is 13.2. The van der Waals surface area contributed by atoms with Crippen LogP contribution in [-0.2, 0) is 0 Å². The number of anilines is 2. The molecule has 36 heavy (non-hydrogen) atoms. The van der Waals surface area contributed by atoms with Gasteiger partial charge in [0.1, 0.15) is 17.8 Å². The normalized spacial score (nSPS) is 19.7. The van der Waals surface area contributed by atoms with Gasteiger partial charge in [-0.2, -0.15) is 0 Å². The van der Waals surface area contributed by atoms with Crippen molar-refractivity contribution in [3.8, 4) is 0 Å². The van der Waals surface area contributed by atoms with Crippen molar-refractivity contribution < 1.29 is 4.79 Å². The van der Waals surface area contributed by atoms with Crippen LogP contribution in [0.3, 0.4) is 0 Å². The fourth-order valence-corrected chi connectivity index (χ4v) is 6.09. The van der Waals surface area contributed by atoms with Gasteiger partial charge in [0, 0.05) is 50.1 Å². The zero-order chi connectivity index (χ0) is 24.1. The molecular weight excluding hydrogens is 472 g/mol. The quantitative estimate of drug-likeness (QED) is 0.434. The molecule has 9 nitrogen and oxygen atoms in total. The standard InChI is InChI=1S/C26H26N8OS/c35-26(34-11-10-32-7-1-2-19(32)14-34)33-8-5-17(6-9-33)22-13-20-24(27-15-28-25(20)31-22)30-18-3-4-21-23(12-18)36-16-29-21/h1,3-5,7,12-13,15-16,19H,2,6,8-11,14H2,(H2,27,28,30,31). The molecule has 0 spiro atoms. The maximum Gasteiger partial charge on any atom is 0.320 e. The van der Waals surface area contributed by atoms with Crippen molar-refractivity contribution in [3.63, 3.8) is 0 Å². The molecule has 7 rings (SSSR count). The summed E-state index contributed by atoms with van der Waals surface area (Å²) in [4.78, 5) is 36.3. The van der Waals surface area contributed by atoms with Crippen LogP contribution in [-0.4, -0.2) is 79.4 Å². The van der Waals surface area contributed by atoms with Crippen LogP contribution in [0.4, 0.5) is 16.3 Å². The molecule has 0 saturated carbocycles. The molecule has 0 aliphatic carbocycles. The van der Waals surface area contributed by atoms with E-state index in [9.17, 15) is 4.79 Å². The minimum atomic E-state index is 0.156. The molecule has 2 N–H and O–H groups in total. The number of benzene rings is 1. The molecule has 6 heterocycles. The van der Waals surface area contributed by atoms with E-state index in [1.807, 2.05) is 27.4 Å². The van der Waals surface area contributed by atoms with Crippen LogP contribution in [0.5, 0.6) is 0 Å². The Morgan fingerprint density at radius 3 is 3.00 bits per heavy atom. The van der Waals surface area contributed by atoms with E-state index in [0.29, 0.717) is 12.6 Å². The zero-order valence-corrected chi connectivity index (χ0v) is 20.5. The maximum atomic E-state index is 13.2. The molecule has 1 atom stereocenters. The van der Waals surface area contributed by atoms with E-state index in [1.54, 1.807) is 17.7 Å². The Balaban J connectivity index is 1.07. The monoisotopic (exact) mass is 498 g/mol.